The summed E-state index contributed by atoms with van der Waals surface area (Å²) in [6.45, 7) is 0. The van der Waals surface area contributed by atoms with Gasteiger partial charge in [-0.15, -0.1) is 0 Å². The van der Waals surface area contributed by atoms with Gasteiger partial charge >= 0.3 is 0 Å². The number of fused-ring (bicyclic) bond motifs is 8. The van der Waals surface area contributed by atoms with E-state index in [2.05, 4.69) is 50.3 Å². The number of halogens is 3. The first-order valence-electron chi connectivity index (χ1n) is 8.50. The Morgan fingerprint density at radius 2 is 0.862 bits per heavy atom. The number of aromatic nitrogens is 4. The quantitative estimate of drug-likeness (QED) is 0.150. The summed E-state index contributed by atoms with van der Waals surface area (Å²) >= 11 is 14.4. The summed E-state index contributed by atoms with van der Waals surface area (Å²) in [7, 11) is 0. The Morgan fingerprint density at radius 1 is 0.552 bits per heavy atom. The number of hydrogen-bond donors (Lipinski definition) is 2. The first-order valence-corrected chi connectivity index (χ1v) is 9.81. The Morgan fingerprint density at radius 3 is 1.24 bits per heavy atom. The third kappa shape index (κ3) is 6.09. The van der Waals surface area contributed by atoms with Gasteiger partial charge in [-0.3, -0.25) is 0 Å². The molecule has 8 bridgehead atoms. The fourth-order valence-corrected chi connectivity index (χ4v) is 2.94. The summed E-state index contributed by atoms with van der Waals surface area (Å²) in [6.07, 6.45) is 8.05. The predicted octanol–water partition coefficient (Wildman–Crippen LogP) is 6.64. The van der Waals surface area contributed by atoms with E-state index in [0.717, 1.165) is 44.8 Å². The van der Waals surface area contributed by atoms with Crippen molar-refractivity contribution >= 4 is 81.2 Å². The molecule has 0 amide bonds. The third-order valence-electron chi connectivity index (χ3n) is 4.04. The number of nitrogens with zero attached hydrogens (tertiary/aromatic N) is 2. The summed E-state index contributed by atoms with van der Waals surface area (Å²) in [5.74, 6) is 0. The van der Waals surface area contributed by atoms with Crippen molar-refractivity contribution in [1.82, 2.24) is 19.9 Å². The van der Waals surface area contributed by atoms with E-state index in [1.165, 1.54) is 0 Å². The maximum Gasteiger partial charge on any atom is 0.180 e. The van der Waals surface area contributed by atoms with Crippen molar-refractivity contribution in [2.45, 2.75) is 4.30 Å². The second-order valence-electron chi connectivity index (χ2n) is 6.15. The number of alkyl halides is 3. The van der Waals surface area contributed by atoms with Gasteiger partial charge < -0.3 is 9.97 Å². The van der Waals surface area contributed by atoms with E-state index in [1.54, 1.807) is 0 Å². The van der Waals surface area contributed by atoms with Gasteiger partial charge in [0, 0.05) is 44.4 Å². The predicted molar refractivity (Wildman–Crippen MR) is 120 cm³/mol. The molecule has 151 valence electrons. The van der Waals surface area contributed by atoms with Gasteiger partial charge in [-0.05, 0) is 72.8 Å². The van der Waals surface area contributed by atoms with Crippen LogP contribution in [0.25, 0.3) is 46.4 Å². The third-order valence-corrected chi connectivity index (χ3v) is 4.04. The molecule has 0 saturated carbocycles. The van der Waals surface area contributed by atoms with Crippen molar-refractivity contribution in [1.29, 1.82) is 0 Å². The number of H-pyrrole nitrogens is 2. The summed E-state index contributed by atoms with van der Waals surface area (Å²) in [5, 5.41) is 0. The second kappa shape index (κ2) is 9.81. The number of hydrogen-bond acceptors (Lipinski definition) is 2. The van der Waals surface area contributed by atoms with Gasteiger partial charge in [0.05, 0.1) is 22.8 Å². The van der Waals surface area contributed by atoms with E-state index in [1.807, 2.05) is 42.5 Å². The monoisotopic (exact) mass is 625 g/mol. The van der Waals surface area contributed by atoms with Crippen molar-refractivity contribution < 1.29 is 22.4 Å². The summed E-state index contributed by atoms with van der Waals surface area (Å²) in [6, 6.07) is 16.4. The summed E-state index contributed by atoms with van der Waals surface area (Å²) in [5.41, 5.74) is 7.86. The van der Waals surface area contributed by atoms with Crippen LogP contribution in [-0.4, -0.2) is 24.2 Å². The minimum absolute atomic E-state index is 0. The Hall–Kier alpha value is -1.79. The number of aromatic amines is 2. The van der Waals surface area contributed by atoms with Crippen LogP contribution in [0.15, 0.2) is 48.5 Å². The van der Waals surface area contributed by atoms with Gasteiger partial charge in [0.2, 0.25) is 0 Å². The number of rotatable bonds is 0. The van der Waals surface area contributed by atoms with Crippen LogP contribution >= 0.6 is 34.8 Å². The molecule has 4 nitrogen and oxygen atoms in total. The van der Waals surface area contributed by atoms with Gasteiger partial charge in [-0.2, -0.15) is 0 Å². The first kappa shape index (κ1) is 21.9. The Balaban J connectivity index is 0.000000443. The molecule has 2 N–H and O–H groups in total. The molecule has 8 heteroatoms. The smallest absolute Gasteiger partial charge is 0.180 e. The van der Waals surface area contributed by atoms with Gasteiger partial charge in [0.25, 0.3) is 0 Å². The van der Waals surface area contributed by atoms with Crippen LogP contribution in [0, 0.1) is 0 Å². The fourth-order valence-electron chi connectivity index (χ4n) is 2.94. The van der Waals surface area contributed by atoms with E-state index >= 15 is 0 Å². The maximum atomic E-state index is 4.81. The molecule has 0 aliphatic carbocycles. The maximum absolute atomic E-state index is 4.81. The topological polar surface area (TPSA) is 57.4 Å². The molecular weight excluding hydrogens is 612 g/mol. The zero-order valence-electron chi connectivity index (χ0n) is 14.8. The van der Waals surface area contributed by atoms with Crippen molar-refractivity contribution in [2.24, 2.45) is 0 Å². The van der Waals surface area contributed by atoms with Crippen molar-refractivity contribution in [2.75, 3.05) is 0 Å². The van der Waals surface area contributed by atoms with Crippen molar-refractivity contribution in [3.05, 3.63) is 71.3 Å². The van der Waals surface area contributed by atoms with Crippen LogP contribution in [0.3, 0.4) is 0 Å². The summed E-state index contributed by atoms with van der Waals surface area (Å²) < 4.78 is -0.750. The molecule has 2 aliphatic heterocycles. The molecule has 3 aromatic heterocycles. The Labute approximate surface area is 198 Å². The molecule has 0 aromatic carbocycles. The zero-order chi connectivity index (χ0) is 19.5. The van der Waals surface area contributed by atoms with Crippen LogP contribution < -0.4 is 0 Å². The molecule has 1 radical (unpaired) electrons. The molecular formula is C21H15AuCl3N4. The van der Waals surface area contributed by atoms with E-state index < -0.39 is 4.30 Å². The van der Waals surface area contributed by atoms with Crippen LogP contribution in [0.4, 0.5) is 0 Å². The largest absolute Gasteiger partial charge is 0.355 e. The number of nitrogens with one attached hydrogen (secondary N) is 2. The van der Waals surface area contributed by atoms with Gasteiger partial charge in [-0.1, -0.05) is 34.8 Å². The van der Waals surface area contributed by atoms with E-state index in [0.29, 0.717) is 0 Å². The standard InChI is InChI=1S/C20H14N4.CHCl3.Au/c1-2-14-10-16-5-6-18(23-16)12-20-8-7-19(24-20)11-17-4-3-15(22-17)9-13(1)21-14;2-1(3)4;/h1-12,21-22H;1H;. The molecule has 3 aromatic rings. The van der Waals surface area contributed by atoms with Gasteiger partial charge in [-0.25, -0.2) is 9.97 Å². The molecule has 0 unspecified atom stereocenters. The van der Waals surface area contributed by atoms with Crippen molar-refractivity contribution in [3.8, 4) is 0 Å². The molecule has 2 aliphatic rings. The minimum Gasteiger partial charge on any atom is -0.355 e. The Kier molecular flexibility index (Phi) is 7.41. The van der Waals surface area contributed by atoms with Crippen LogP contribution in [0.1, 0.15) is 22.8 Å². The van der Waals surface area contributed by atoms with E-state index in [9.17, 15) is 0 Å². The molecule has 29 heavy (non-hydrogen) atoms. The average Bonchev–Trinajstić information content (AvgIpc) is 3.39. The average molecular weight is 627 g/mol. The Bertz CT molecular complexity index is 1130. The summed E-state index contributed by atoms with van der Waals surface area (Å²) in [4.78, 5) is 16.0. The van der Waals surface area contributed by atoms with Crippen LogP contribution in [0.2, 0.25) is 0 Å². The molecule has 5 rings (SSSR count). The van der Waals surface area contributed by atoms with Crippen LogP contribution in [0.5, 0.6) is 0 Å². The first-order chi connectivity index (χ1) is 13.5. The normalized spacial score (nSPS) is 11.7. The van der Waals surface area contributed by atoms with E-state index in [4.69, 9.17) is 34.8 Å². The molecule has 0 saturated heterocycles. The SMILES string of the molecule is C1=Cc2cc3ccc(cc4ccc(cc5nc(cc1n2)C=C5)[nH]4)[nH]3.ClC(Cl)Cl.[Au]. The van der Waals surface area contributed by atoms with Gasteiger partial charge in [0.15, 0.2) is 4.30 Å². The van der Waals surface area contributed by atoms with E-state index in [-0.39, 0.29) is 22.4 Å². The zero-order valence-corrected chi connectivity index (χ0v) is 19.3. The minimum atomic E-state index is -0.750. The molecule has 0 spiro atoms. The van der Waals surface area contributed by atoms with Crippen LogP contribution in [-0.2, 0) is 22.4 Å². The molecule has 5 heterocycles. The van der Waals surface area contributed by atoms with Crippen molar-refractivity contribution in [3.63, 3.8) is 0 Å². The molecule has 0 fully saturated rings. The second-order valence-corrected chi connectivity index (χ2v) is 8.13. The molecule has 0 atom stereocenters. The van der Waals surface area contributed by atoms with Gasteiger partial charge in [0.1, 0.15) is 0 Å². The fraction of sp³-hybridized carbons (Fsp3) is 0.0476.